The zero-order valence-corrected chi connectivity index (χ0v) is 35.3. The summed E-state index contributed by atoms with van der Waals surface area (Å²) in [4.78, 5) is 5.12. The second-order valence-corrected chi connectivity index (χ2v) is 21.5. The molecule has 0 atom stereocenters. The van der Waals surface area contributed by atoms with Crippen molar-refractivity contribution in [2.45, 2.75) is 39.4 Å². The number of hydrogen-bond acceptors (Lipinski definition) is 1. The summed E-state index contributed by atoms with van der Waals surface area (Å²) in [5, 5.41) is 5.23. The van der Waals surface area contributed by atoms with E-state index in [2.05, 4.69) is 236 Å². The van der Waals surface area contributed by atoms with Crippen LogP contribution in [0.4, 0.5) is 0 Å². The normalized spacial score (nSPS) is 12.2. The highest BCUT2D eigenvalue weighted by Gasteiger charge is 2.30. The fourth-order valence-electron chi connectivity index (χ4n) is 8.95. The molecule has 0 N–H and O–H groups in total. The van der Waals surface area contributed by atoms with Crippen LogP contribution in [0, 0.1) is 0 Å². The fourth-order valence-corrected chi connectivity index (χ4v) is 11.3. The topological polar surface area (TPSA) is 27.7 Å². The molecule has 0 aliphatic rings. The number of fused-ring (bicyclic) bond motifs is 4. The van der Waals surface area contributed by atoms with Crippen LogP contribution in [-0.2, 0) is 5.54 Å². The molecule has 0 spiro atoms. The van der Waals surface area contributed by atoms with Gasteiger partial charge in [-0.2, -0.15) is 4.57 Å². The maximum absolute atomic E-state index is 5.12. The lowest BCUT2D eigenvalue weighted by Crippen LogP contribution is -2.52. The molecule has 0 unspecified atom stereocenters. The Labute approximate surface area is 347 Å². The Bertz CT molecular complexity index is 3110. The molecule has 0 bridgehead atoms. The van der Waals surface area contributed by atoms with Crippen molar-refractivity contribution in [3.63, 3.8) is 0 Å². The zero-order valence-electron chi connectivity index (χ0n) is 34.3. The lowest BCUT2D eigenvalue weighted by atomic mass is 9.88. The lowest BCUT2D eigenvalue weighted by Gasteiger charge is -2.24. The number of aromatic nitrogens is 4. The minimum Gasteiger partial charge on any atom is -0.294 e. The minimum absolute atomic E-state index is 0.0474. The minimum atomic E-state index is -2.21. The van der Waals surface area contributed by atoms with Crippen molar-refractivity contribution in [3.05, 3.63) is 195 Å². The van der Waals surface area contributed by atoms with E-state index in [9.17, 15) is 0 Å². The van der Waals surface area contributed by atoms with E-state index in [0.29, 0.717) is 0 Å². The third kappa shape index (κ3) is 6.30. The van der Waals surface area contributed by atoms with Crippen LogP contribution < -0.4 is 10.4 Å². The van der Waals surface area contributed by atoms with Gasteiger partial charge in [0, 0.05) is 41.2 Å². The number of benzene rings is 7. The Hall–Kier alpha value is -6.82. The van der Waals surface area contributed by atoms with Gasteiger partial charge in [0.05, 0.1) is 16.6 Å². The van der Waals surface area contributed by atoms with E-state index in [1.807, 2.05) is 6.20 Å². The highest BCUT2D eigenvalue weighted by atomic mass is 28.3. The fraction of sp³-hybridized carbons (Fsp3) is 0.111. The molecule has 10 rings (SSSR count). The van der Waals surface area contributed by atoms with Crippen LogP contribution in [0.3, 0.4) is 0 Å². The number of rotatable bonds is 7. The summed E-state index contributed by atoms with van der Waals surface area (Å²) in [5.74, 6) is 0.904. The molecule has 0 fully saturated rings. The van der Waals surface area contributed by atoms with Crippen LogP contribution in [0.15, 0.2) is 195 Å². The first-order valence-electron chi connectivity index (χ1n) is 20.5. The number of hydrogen-bond donors (Lipinski definition) is 0. The molecule has 0 saturated carbocycles. The van der Waals surface area contributed by atoms with Gasteiger partial charge in [0.25, 0.3) is 0 Å². The summed E-state index contributed by atoms with van der Waals surface area (Å²) < 4.78 is 7.12. The molecule has 0 amide bonds. The first-order chi connectivity index (χ1) is 28.7. The van der Waals surface area contributed by atoms with E-state index in [0.717, 1.165) is 16.9 Å². The number of imidazole rings is 1. The number of pyridine rings is 1. The van der Waals surface area contributed by atoms with Crippen LogP contribution in [0.25, 0.3) is 77.7 Å². The summed E-state index contributed by atoms with van der Waals surface area (Å²) in [6, 6.07) is 66.4. The van der Waals surface area contributed by atoms with Crippen molar-refractivity contribution in [1.82, 2.24) is 18.7 Å². The van der Waals surface area contributed by atoms with Crippen molar-refractivity contribution in [1.29, 1.82) is 0 Å². The van der Waals surface area contributed by atoms with Gasteiger partial charge in [-0.15, -0.1) is 0 Å². The molecule has 0 aliphatic carbocycles. The molecule has 7 aromatic carbocycles. The molecule has 4 nitrogen and oxygen atoms in total. The first kappa shape index (κ1) is 36.5. The highest BCUT2D eigenvalue weighted by Crippen LogP contribution is 2.41. The van der Waals surface area contributed by atoms with Gasteiger partial charge < -0.3 is 0 Å². The molecule has 5 heteroatoms. The Morgan fingerprint density at radius 1 is 0.492 bits per heavy atom. The van der Waals surface area contributed by atoms with Crippen LogP contribution in [0.2, 0.25) is 13.1 Å². The van der Waals surface area contributed by atoms with Gasteiger partial charge >= 0.3 is 0 Å². The third-order valence-electron chi connectivity index (χ3n) is 12.1. The smallest absolute Gasteiger partial charge is 0.191 e. The molecule has 0 aliphatic heterocycles. The average molecular weight is 780 g/mol. The lowest BCUT2D eigenvalue weighted by molar-refractivity contribution is 0.406. The second-order valence-electron chi connectivity index (χ2n) is 17.1. The van der Waals surface area contributed by atoms with E-state index < -0.39 is 8.07 Å². The second kappa shape index (κ2) is 14.2. The van der Waals surface area contributed by atoms with E-state index >= 15 is 0 Å². The van der Waals surface area contributed by atoms with Crippen LogP contribution in [-0.4, -0.2) is 26.8 Å². The molecule has 3 heterocycles. The van der Waals surface area contributed by atoms with Gasteiger partial charge in [-0.05, 0) is 95.7 Å². The Balaban J connectivity index is 1.13. The number of para-hydroxylation sites is 3. The molecule has 286 valence electrons. The van der Waals surface area contributed by atoms with E-state index in [-0.39, 0.29) is 5.54 Å². The van der Waals surface area contributed by atoms with Gasteiger partial charge in [0.2, 0.25) is 0 Å². The molecule has 10 aromatic rings. The average Bonchev–Trinajstić information content (AvgIpc) is 3.84. The summed E-state index contributed by atoms with van der Waals surface area (Å²) in [7, 11) is -2.21. The molecular formula is C54H47N4Si+. The number of nitrogens with zero attached hydrogens (tertiary/aromatic N) is 4. The van der Waals surface area contributed by atoms with E-state index in [4.69, 9.17) is 4.98 Å². The van der Waals surface area contributed by atoms with Crippen LogP contribution in [0.1, 0.15) is 20.8 Å². The van der Waals surface area contributed by atoms with Gasteiger partial charge in [-0.1, -0.05) is 140 Å². The standard InChI is InChI=1S/C54H47N4Si/c1-54(2,3)57-37-56(49-28-14-15-29-50(49)57)41-22-16-23-42(35-41)59(4,5)43-30-31-47-46-24-12-13-27-48(46)58(51(47)36-43)52-34-40(32-33-55-52)53-44(38-18-8-6-9-19-38)25-17-26-45(53)39-20-10-7-11-21-39/h6-37H,1-5H3/q+1. The van der Waals surface area contributed by atoms with E-state index in [1.165, 1.54) is 71.2 Å². The molecular weight excluding hydrogens is 733 g/mol. The maximum Gasteiger partial charge on any atom is 0.191 e. The van der Waals surface area contributed by atoms with Gasteiger partial charge in [-0.25, -0.2) is 9.55 Å². The summed E-state index contributed by atoms with van der Waals surface area (Å²) >= 11 is 0. The summed E-state index contributed by atoms with van der Waals surface area (Å²) in [6.07, 6.45) is 4.25. The van der Waals surface area contributed by atoms with Gasteiger partial charge in [0.1, 0.15) is 19.6 Å². The van der Waals surface area contributed by atoms with Gasteiger partial charge in [-0.3, -0.25) is 4.57 Å². The summed E-state index contributed by atoms with van der Waals surface area (Å²) in [5.41, 5.74) is 13.0. The summed E-state index contributed by atoms with van der Waals surface area (Å²) in [6.45, 7) is 11.8. The largest absolute Gasteiger partial charge is 0.294 e. The van der Waals surface area contributed by atoms with Crippen molar-refractivity contribution in [2.24, 2.45) is 0 Å². The highest BCUT2D eigenvalue weighted by molar-refractivity contribution is 7.00. The van der Waals surface area contributed by atoms with Crippen LogP contribution in [0.5, 0.6) is 0 Å². The first-order valence-corrected chi connectivity index (χ1v) is 23.5. The molecule has 59 heavy (non-hydrogen) atoms. The molecule has 0 radical (unpaired) electrons. The predicted molar refractivity (Wildman–Crippen MR) is 252 cm³/mol. The van der Waals surface area contributed by atoms with E-state index in [1.54, 1.807) is 0 Å². The van der Waals surface area contributed by atoms with Crippen molar-refractivity contribution in [3.8, 4) is 44.9 Å². The quantitative estimate of drug-likeness (QED) is 0.117. The zero-order chi connectivity index (χ0) is 40.3. The third-order valence-corrected chi connectivity index (χ3v) is 15.6. The monoisotopic (exact) mass is 779 g/mol. The van der Waals surface area contributed by atoms with Crippen molar-refractivity contribution >= 4 is 51.3 Å². The van der Waals surface area contributed by atoms with Crippen molar-refractivity contribution < 1.29 is 0 Å². The molecule has 3 aromatic heterocycles. The maximum atomic E-state index is 5.12. The predicted octanol–water partition coefficient (Wildman–Crippen LogP) is 12.8. The van der Waals surface area contributed by atoms with Gasteiger partial charge in [0.15, 0.2) is 17.4 Å². The van der Waals surface area contributed by atoms with Crippen molar-refractivity contribution in [2.75, 3.05) is 0 Å². The Kier molecular flexibility index (Phi) is 8.80. The molecule has 0 saturated heterocycles. The van der Waals surface area contributed by atoms with Crippen LogP contribution >= 0.6 is 0 Å². The Morgan fingerprint density at radius 3 is 1.78 bits per heavy atom. The Morgan fingerprint density at radius 2 is 1.08 bits per heavy atom. The SMILES string of the molecule is CC(C)(C)n1[cH+]n(-c2cccc([Si](C)(C)c3ccc4c5ccccc5n(-c5cc(-c6c(-c7ccccc7)cccc6-c6ccccc6)ccn5)c4c3)c2)c2ccccc21.